The molecule has 0 bridgehead atoms. The van der Waals surface area contributed by atoms with Crippen LogP contribution in [0.15, 0.2) is 30.1 Å². The predicted octanol–water partition coefficient (Wildman–Crippen LogP) is 3.05. The monoisotopic (exact) mass is 411 g/mol. The smallest absolute Gasteiger partial charge is 0.382 e. The fourth-order valence-corrected chi connectivity index (χ4v) is 4.12. The van der Waals surface area contributed by atoms with Crippen molar-refractivity contribution in [2.75, 3.05) is 25.5 Å². The number of nitrogens with zero attached hydrogens (tertiary/aromatic N) is 4. The van der Waals surface area contributed by atoms with E-state index in [9.17, 15) is 13.2 Å². The molecule has 3 aliphatic rings. The molecule has 148 valence electrons. The molecule has 0 radical (unpaired) electrons. The van der Waals surface area contributed by atoms with Gasteiger partial charge < -0.3 is 15.4 Å². The number of pyridine rings is 1. The van der Waals surface area contributed by atoms with Gasteiger partial charge in [0.2, 0.25) is 0 Å². The van der Waals surface area contributed by atoms with Gasteiger partial charge >= 0.3 is 6.18 Å². The standard InChI is InChI=1S/C18H17ClF3N5O/c19-13-1-9(3-24-17(13)23)14-2-15(27(25-14)8-18(20,21)22)16-11-4-26(5-12(11)16)10-6-28-7-10/h1-4,10,12,16H,5-8H2,(H2,23,24)/t12-,16-/m0/s1. The molecule has 0 unspecified atom stereocenters. The van der Waals surface area contributed by atoms with Crippen LogP contribution in [0.5, 0.6) is 0 Å². The van der Waals surface area contributed by atoms with Crippen molar-refractivity contribution in [2.24, 2.45) is 5.92 Å². The van der Waals surface area contributed by atoms with Gasteiger partial charge in [-0.05, 0) is 23.9 Å². The minimum Gasteiger partial charge on any atom is -0.382 e. The fraction of sp³-hybridized carbons (Fsp3) is 0.444. The lowest BCUT2D eigenvalue weighted by Crippen LogP contribution is -2.46. The first kappa shape index (κ1) is 17.8. The Morgan fingerprint density at radius 3 is 2.64 bits per heavy atom. The van der Waals surface area contributed by atoms with Gasteiger partial charge in [-0.15, -0.1) is 0 Å². The Labute approximate surface area is 163 Å². The minimum absolute atomic E-state index is 0.0296. The first-order valence-corrected chi connectivity index (χ1v) is 9.29. The molecule has 2 aromatic rings. The Balaban J connectivity index is 1.47. The number of hydrogen-bond donors (Lipinski definition) is 1. The van der Waals surface area contributed by atoms with Gasteiger partial charge in [0, 0.05) is 35.8 Å². The second kappa shape index (κ2) is 6.12. The molecular weight excluding hydrogens is 395 g/mol. The Hall–Kier alpha value is -2.26. The van der Waals surface area contributed by atoms with Crippen LogP contribution in [0, 0.1) is 5.92 Å². The van der Waals surface area contributed by atoms with E-state index in [0.717, 1.165) is 16.8 Å². The molecule has 10 heteroatoms. The number of hydrogen-bond acceptors (Lipinski definition) is 5. The number of alkyl halides is 3. The van der Waals surface area contributed by atoms with Crippen molar-refractivity contribution in [1.29, 1.82) is 0 Å². The summed E-state index contributed by atoms with van der Waals surface area (Å²) in [4.78, 5) is 6.21. The van der Waals surface area contributed by atoms with Crippen LogP contribution in [-0.2, 0) is 11.3 Å². The molecule has 2 N–H and O–H groups in total. The molecule has 2 aromatic heterocycles. The molecule has 0 aromatic carbocycles. The zero-order chi connectivity index (χ0) is 19.6. The summed E-state index contributed by atoms with van der Waals surface area (Å²) in [5, 5.41) is 4.45. The first-order valence-electron chi connectivity index (χ1n) is 8.91. The molecule has 2 aliphatic heterocycles. The molecule has 0 spiro atoms. The summed E-state index contributed by atoms with van der Waals surface area (Å²) in [5.41, 5.74) is 8.30. The largest absolute Gasteiger partial charge is 0.408 e. The van der Waals surface area contributed by atoms with E-state index in [-0.39, 0.29) is 22.7 Å². The zero-order valence-corrected chi connectivity index (χ0v) is 15.4. The maximum Gasteiger partial charge on any atom is 0.408 e. The summed E-state index contributed by atoms with van der Waals surface area (Å²) in [7, 11) is 0. The van der Waals surface area contributed by atoms with Crippen LogP contribution in [0.1, 0.15) is 11.6 Å². The average molecular weight is 412 g/mol. The molecule has 0 amide bonds. The normalized spacial score (nSPS) is 24.1. The summed E-state index contributed by atoms with van der Waals surface area (Å²) in [6, 6.07) is 3.66. The summed E-state index contributed by atoms with van der Waals surface area (Å²) in [6.45, 7) is 1.11. The zero-order valence-electron chi connectivity index (χ0n) is 14.7. The van der Waals surface area contributed by atoms with Crippen LogP contribution < -0.4 is 5.73 Å². The number of nitrogen functional groups attached to an aromatic ring is 1. The lowest BCUT2D eigenvalue weighted by molar-refractivity contribution is -0.143. The summed E-state index contributed by atoms with van der Waals surface area (Å²) < 4.78 is 45.6. The molecule has 2 fully saturated rings. The van der Waals surface area contributed by atoms with E-state index in [0.29, 0.717) is 36.2 Å². The molecule has 1 aliphatic carbocycles. The third-order valence-corrected chi connectivity index (χ3v) is 5.82. The van der Waals surface area contributed by atoms with Gasteiger partial charge in [0.1, 0.15) is 12.4 Å². The van der Waals surface area contributed by atoms with Crippen LogP contribution in [0.2, 0.25) is 5.02 Å². The molecule has 1 saturated carbocycles. The molecule has 28 heavy (non-hydrogen) atoms. The number of rotatable bonds is 4. The van der Waals surface area contributed by atoms with E-state index in [4.69, 9.17) is 22.1 Å². The first-order chi connectivity index (χ1) is 13.3. The summed E-state index contributed by atoms with van der Waals surface area (Å²) in [6.07, 6.45) is -0.811. The molecule has 2 atom stereocenters. The van der Waals surface area contributed by atoms with Crippen molar-refractivity contribution < 1.29 is 17.9 Å². The second-order valence-electron chi connectivity index (χ2n) is 7.42. The fourth-order valence-electron chi connectivity index (χ4n) is 3.95. The predicted molar refractivity (Wildman–Crippen MR) is 96.6 cm³/mol. The number of aromatic nitrogens is 3. The van der Waals surface area contributed by atoms with E-state index in [2.05, 4.69) is 21.2 Å². The number of fused-ring (bicyclic) bond motifs is 1. The highest BCUT2D eigenvalue weighted by atomic mass is 35.5. The number of nitrogens with two attached hydrogens (primary N) is 1. The SMILES string of the molecule is Nc1ncc(-c2cc([C@H]3C4=CN(C5COC5)C[C@@H]43)n(CC(F)(F)F)n2)cc1Cl. The van der Waals surface area contributed by atoms with E-state index in [1.54, 1.807) is 12.1 Å². The molecule has 6 nitrogen and oxygen atoms in total. The number of anilines is 1. The van der Waals surface area contributed by atoms with E-state index < -0.39 is 12.7 Å². The lowest BCUT2D eigenvalue weighted by atomic mass is 10.1. The van der Waals surface area contributed by atoms with Gasteiger partial charge in [-0.3, -0.25) is 4.68 Å². The highest BCUT2D eigenvalue weighted by molar-refractivity contribution is 6.33. The third kappa shape index (κ3) is 3.02. The highest BCUT2D eigenvalue weighted by Gasteiger charge is 2.53. The quantitative estimate of drug-likeness (QED) is 0.837. The van der Waals surface area contributed by atoms with Crippen molar-refractivity contribution in [2.45, 2.75) is 24.7 Å². The Bertz CT molecular complexity index is 969. The van der Waals surface area contributed by atoms with Gasteiger partial charge in [0.25, 0.3) is 0 Å². The summed E-state index contributed by atoms with van der Waals surface area (Å²) in [5.74, 6) is 0.380. The second-order valence-corrected chi connectivity index (χ2v) is 7.83. The molecular formula is C18H17ClF3N5O. The molecule has 1 saturated heterocycles. The van der Waals surface area contributed by atoms with Gasteiger partial charge in [0.05, 0.1) is 30.0 Å². The van der Waals surface area contributed by atoms with Gasteiger partial charge in [0.15, 0.2) is 0 Å². The highest BCUT2D eigenvalue weighted by Crippen LogP contribution is 2.58. The van der Waals surface area contributed by atoms with Gasteiger partial charge in [-0.25, -0.2) is 4.98 Å². The van der Waals surface area contributed by atoms with Crippen molar-refractivity contribution in [3.8, 4) is 11.3 Å². The number of halogens is 4. The topological polar surface area (TPSA) is 69.2 Å². The van der Waals surface area contributed by atoms with Crippen molar-refractivity contribution in [3.63, 3.8) is 0 Å². The Morgan fingerprint density at radius 1 is 1.29 bits per heavy atom. The van der Waals surface area contributed by atoms with Crippen molar-refractivity contribution in [1.82, 2.24) is 19.7 Å². The molecule has 5 rings (SSSR count). The summed E-state index contributed by atoms with van der Waals surface area (Å²) >= 11 is 6.01. The Kier molecular flexibility index (Phi) is 3.89. The van der Waals surface area contributed by atoms with Crippen molar-refractivity contribution in [3.05, 3.63) is 40.8 Å². The van der Waals surface area contributed by atoms with Crippen LogP contribution in [0.25, 0.3) is 11.3 Å². The maximum atomic E-state index is 13.1. The van der Waals surface area contributed by atoms with Crippen LogP contribution >= 0.6 is 11.6 Å². The van der Waals surface area contributed by atoms with E-state index in [1.807, 2.05) is 0 Å². The van der Waals surface area contributed by atoms with Crippen molar-refractivity contribution >= 4 is 17.4 Å². The maximum absolute atomic E-state index is 13.1. The van der Waals surface area contributed by atoms with Crippen LogP contribution in [0.3, 0.4) is 0 Å². The van der Waals surface area contributed by atoms with Gasteiger partial charge in [-0.2, -0.15) is 18.3 Å². The minimum atomic E-state index is -4.36. The average Bonchev–Trinajstić information content (AvgIpc) is 2.91. The number of ether oxygens (including phenoxy) is 1. The third-order valence-electron chi connectivity index (χ3n) is 5.52. The van der Waals surface area contributed by atoms with E-state index >= 15 is 0 Å². The molecule has 4 heterocycles. The van der Waals surface area contributed by atoms with Crippen LogP contribution in [-0.4, -0.2) is 51.6 Å². The van der Waals surface area contributed by atoms with E-state index in [1.165, 1.54) is 6.20 Å². The van der Waals surface area contributed by atoms with Crippen LogP contribution in [0.4, 0.5) is 19.0 Å². The lowest BCUT2D eigenvalue weighted by Gasteiger charge is -2.35. The Morgan fingerprint density at radius 2 is 2.07 bits per heavy atom. The van der Waals surface area contributed by atoms with Gasteiger partial charge in [-0.1, -0.05) is 11.6 Å².